The van der Waals surface area contributed by atoms with Crippen LogP contribution in [0, 0.1) is 0 Å². The zero-order chi connectivity index (χ0) is 23.6. The molecule has 1 heterocycles. The van der Waals surface area contributed by atoms with E-state index in [-0.39, 0.29) is 18.6 Å². The fourth-order valence-electron chi connectivity index (χ4n) is 3.16. The topological polar surface area (TPSA) is 88.6 Å². The maximum absolute atomic E-state index is 13.3. The molecule has 0 saturated carbocycles. The lowest BCUT2D eigenvalue weighted by atomic mass is 10.2. The van der Waals surface area contributed by atoms with Gasteiger partial charge >= 0.3 is 6.03 Å². The highest BCUT2D eigenvalue weighted by Gasteiger charge is 2.21. The SMILES string of the molecule is CCOc1ccc(N(C(=O)NCc2ccccc2Cl)c2ccnc(NC(C)COC)n2)cc1. The lowest BCUT2D eigenvalue weighted by Gasteiger charge is -2.23. The number of carbonyl (C=O) groups excluding carboxylic acids is 1. The van der Waals surface area contributed by atoms with Crippen molar-refractivity contribution in [1.82, 2.24) is 15.3 Å². The number of anilines is 3. The van der Waals surface area contributed by atoms with E-state index < -0.39 is 0 Å². The molecule has 174 valence electrons. The number of hydrogen-bond donors (Lipinski definition) is 2. The molecule has 3 aromatic rings. The zero-order valence-corrected chi connectivity index (χ0v) is 19.7. The van der Waals surface area contributed by atoms with Crippen LogP contribution in [0.5, 0.6) is 5.75 Å². The van der Waals surface area contributed by atoms with Crippen molar-refractivity contribution in [3.8, 4) is 5.75 Å². The van der Waals surface area contributed by atoms with Crippen LogP contribution in [0.3, 0.4) is 0 Å². The summed E-state index contributed by atoms with van der Waals surface area (Å²) in [5.41, 5.74) is 1.45. The number of nitrogens with one attached hydrogen (secondary N) is 2. The van der Waals surface area contributed by atoms with Gasteiger partial charge in [0.1, 0.15) is 11.6 Å². The fraction of sp³-hybridized carbons (Fsp3) is 0.292. The number of urea groups is 1. The van der Waals surface area contributed by atoms with Crippen molar-refractivity contribution < 1.29 is 14.3 Å². The number of methoxy groups -OCH3 is 1. The number of ether oxygens (including phenoxy) is 2. The maximum atomic E-state index is 13.3. The molecule has 1 atom stereocenters. The molecule has 0 fully saturated rings. The van der Waals surface area contributed by atoms with Crippen molar-refractivity contribution >= 4 is 35.1 Å². The molecule has 0 spiro atoms. The van der Waals surface area contributed by atoms with Gasteiger partial charge in [-0.1, -0.05) is 29.8 Å². The number of amides is 2. The Hall–Kier alpha value is -3.36. The molecule has 1 unspecified atom stereocenters. The molecular formula is C24H28ClN5O3. The molecule has 9 heteroatoms. The molecule has 2 aromatic carbocycles. The van der Waals surface area contributed by atoms with Gasteiger partial charge in [0.2, 0.25) is 5.95 Å². The molecule has 2 N–H and O–H groups in total. The summed E-state index contributed by atoms with van der Waals surface area (Å²) in [6.07, 6.45) is 1.60. The minimum absolute atomic E-state index is 0.00164. The first-order valence-electron chi connectivity index (χ1n) is 10.6. The van der Waals surface area contributed by atoms with Crippen LogP contribution in [-0.2, 0) is 11.3 Å². The minimum atomic E-state index is -0.353. The van der Waals surface area contributed by atoms with Gasteiger partial charge in [0.05, 0.1) is 18.9 Å². The van der Waals surface area contributed by atoms with Crippen LogP contribution < -0.4 is 20.3 Å². The van der Waals surface area contributed by atoms with Crippen molar-refractivity contribution in [2.75, 3.05) is 30.5 Å². The van der Waals surface area contributed by atoms with Crippen LogP contribution in [0.1, 0.15) is 19.4 Å². The second kappa shape index (κ2) is 12.0. The van der Waals surface area contributed by atoms with Gasteiger partial charge in [0, 0.05) is 37.0 Å². The highest BCUT2D eigenvalue weighted by Crippen LogP contribution is 2.27. The molecule has 8 nitrogen and oxygen atoms in total. The Morgan fingerprint density at radius 3 is 2.61 bits per heavy atom. The highest BCUT2D eigenvalue weighted by molar-refractivity contribution is 6.31. The Labute approximate surface area is 198 Å². The zero-order valence-electron chi connectivity index (χ0n) is 18.9. The van der Waals surface area contributed by atoms with E-state index in [2.05, 4.69) is 20.6 Å². The third-order valence-electron chi connectivity index (χ3n) is 4.66. The van der Waals surface area contributed by atoms with Crippen LogP contribution >= 0.6 is 11.6 Å². The number of rotatable bonds is 10. The lowest BCUT2D eigenvalue weighted by Crippen LogP contribution is -2.37. The Kier molecular flexibility index (Phi) is 8.86. The normalized spacial score (nSPS) is 11.5. The number of halogens is 1. The summed E-state index contributed by atoms with van der Waals surface area (Å²) in [7, 11) is 1.63. The van der Waals surface area contributed by atoms with Crippen LogP contribution in [-0.4, -0.2) is 42.4 Å². The van der Waals surface area contributed by atoms with Gasteiger partial charge in [-0.05, 0) is 49.7 Å². The van der Waals surface area contributed by atoms with Crippen molar-refractivity contribution in [1.29, 1.82) is 0 Å². The number of benzene rings is 2. The summed E-state index contributed by atoms with van der Waals surface area (Å²) in [6, 6.07) is 15.9. The van der Waals surface area contributed by atoms with Gasteiger partial charge in [0.25, 0.3) is 0 Å². The van der Waals surface area contributed by atoms with Crippen molar-refractivity contribution in [2.45, 2.75) is 26.4 Å². The Morgan fingerprint density at radius 1 is 1.15 bits per heavy atom. The number of carbonyl (C=O) groups is 1. The average Bonchev–Trinajstić information content (AvgIpc) is 2.80. The van der Waals surface area contributed by atoms with Crippen molar-refractivity contribution in [2.24, 2.45) is 0 Å². The van der Waals surface area contributed by atoms with E-state index >= 15 is 0 Å². The summed E-state index contributed by atoms with van der Waals surface area (Å²) in [5, 5.41) is 6.69. The first-order valence-corrected chi connectivity index (χ1v) is 11.0. The summed E-state index contributed by atoms with van der Waals surface area (Å²) < 4.78 is 10.7. The molecule has 3 rings (SSSR count). The summed E-state index contributed by atoms with van der Waals surface area (Å²) >= 11 is 6.25. The molecule has 0 radical (unpaired) electrons. The molecule has 2 amide bonds. The monoisotopic (exact) mass is 469 g/mol. The Bertz CT molecular complexity index is 1050. The quantitative estimate of drug-likeness (QED) is 0.433. The molecule has 0 aliphatic heterocycles. The average molecular weight is 470 g/mol. The van der Waals surface area contributed by atoms with E-state index in [1.165, 1.54) is 4.90 Å². The third kappa shape index (κ3) is 6.81. The summed E-state index contributed by atoms with van der Waals surface area (Å²) in [6.45, 7) is 5.20. The number of aromatic nitrogens is 2. The number of hydrogen-bond acceptors (Lipinski definition) is 6. The Balaban J connectivity index is 1.88. The number of nitrogens with zero attached hydrogens (tertiary/aromatic N) is 3. The summed E-state index contributed by atoms with van der Waals surface area (Å²) in [4.78, 5) is 23.6. The molecule has 33 heavy (non-hydrogen) atoms. The van der Waals surface area contributed by atoms with E-state index in [0.717, 1.165) is 11.3 Å². The maximum Gasteiger partial charge on any atom is 0.327 e. The molecule has 0 saturated heterocycles. The fourth-order valence-corrected chi connectivity index (χ4v) is 3.36. The van der Waals surface area contributed by atoms with Gasteiger partial charge in [-0.2, -0.15) is 4.98 Å². The summed E-state index contributed by atoms with van der Waals surface area (Å²) in [5.74, 6) is 1.53. The smallest absolute Gasteiger partial charge is 0.327 e. The first kappa shape index (κ1) is 24.3. The van der Waals surface area contributed by atoms with E-state index in [4.69, 9.17) is 21.1 Å². The van der Waals surface area contributed by atoms with Gasteiger partial charge in [-0.15, -0.1) is 0 Å². The predicted octanol–water partition coefficient (Wildman–Crippen LogP) is 5.02. The van der Waals surface area contributed by atoms with E-state index in [1.807, 2.05) is 56.3 Å². The predicted molar refractivity (Wildman–Crippen MR) is 130 cm³/mol. The Morgan fingerprint density at radius 2 is 1.91 bits per heavy atom. The molecule has 0 bridgehead atoms. The minimum Gasteiger partial charge on any atom is -0.494 e. The van der Waals surface area contributed by atoms with Gasteiger partial charge in [0.15, 0.2) is 0 Å². The van der Waals surface area contributed by atoms with Gasteiger partial charge in [-0.25, -0.2) is 14.7 Å². The largest absolute Gasteiger partial charge is 0.494 e. The molecule has 0 aliphatic rings. The van der Waals surface area contributed by atoms with Crippen LogP contribution in [0.25, 0.3) is 0 Å². The van der Waals surface area contributed by atoms with Crippen LogP contribution in [0.2, 0.25) is 5.02 Å². The van der Waals surface area contributed by atoms with Gasteiger partial charge < -0.3 is 20.1 Å². The molecule has 1 aromatic heterocycles. The highest BCUT2D eigenvalue weighted by atomic mass is 35.5. The van der Waals surface area contributed by atoms with Crippen LogP contribution in [0.4, 0.5) is 22.2 Å². The van der Waals surface area contributed by atoms with E-state index in [0.29, 0.717) is 35.7 Å². The van der Waals surface area contributed by atoms with E-state index in [9.17, 15) is 4.79 Å². The van der Waals surface area contributed by atoms with Crippen molar-refractivity contribution in [3.05, 3.63) is 71.4 Å². The lowest BCUT2D eigenvalue weighted by molar-refractivity contribution is 0.190. The standard InChI is InChI=1S/C24H28ClN5O3/c1-4-33-20-11-9-19(10-12-20)30(24(31)27-15-18-7-5-6-8-21(18)25)22-13-14-26-23(29-22)28-17(2)16-32-3/h5-14,17H,4,15-16H2,1-3H3,(H,27,31)(H,26,28,29). The second-order valence-corrected chi connectivity index (χ2v) is 7.66. The van der Waals surface area contributed by atoms with Gasteiger partial charge in [-0.3, -0.25) is 0 Å². The third-order valence-corrected chi connectivity index (χ3v) is 5.03. The molecular weight excluding hydrogens is 442 g/mol. The molecule has 0 aliphatic carbocycles. The second-order valence-electron chi connectivity index (χ2n) is 7.25. The van der Waals surface area contributed by atoms with Crippen LogP contribution in [0.15, 0.2) is 60.8 Å². The van der Waals surface area contributed by atoms with Crippen molar-refractivity contribution in [3.63, 3.8) is 0 Å². The van der Waals surface area contributed by atoms with E-state index in [1.54, 1.807) is 25.4 Å². The first-order chi connectivity index (χ1) is 16.0.